The number of imidazole rings is 1. The summed E-state index contributed by atoms with van der Waals surface area (Å²) in [7, 11) is 3.15. The molecule has 4 aromatic rings. The Labute approximate surface area is 185 Å². The summed E-state index contributed by atoms with van der Waals surface area (Å²) in [4.78, 5) is 16.0. The van der Waals surface area contributed by atoms with Gasteiger partial charge in [0.1, 0.15) is 6.54 Å². The van der Waals surface area contributed by atoms with Crippen LogP contribution in [0.25, 0.3) is 11.0 Å². The first kappa shape index (κ1) is 20.8. The number of anilines is 1. The number of carbonyl (C=O) groups excluding carboxylic acids is 1. The van der Waals surface area contributed by atoms with Gasteiger partial charge in [-0.05, 0) is 41.6 Å². The van der Waals surface area contributed by atoms with Crippen LogP contribution in [0.15, 0.2) is 78.0 Å². The van der Waals surface area contributed by atoms with Crippen LogP contribution in [-0.4, -0.2) is 30.9 Å². The molecule has 0 fully saturated rings. The number of carbonyl (C=O) groups is 1. The van der Waals surface area contributed by atoms with Gasteiger partial charge in [-0.15, -0.1) is 0 Å². The summed E-state index contributed by atoms with van der Waals surface area (Å²) in [5.41, 5.74) is 4.02. The molecule has 158 valence electrons. The normalized spacial score (nSPS) is 10.8. The zero-order chi connectivity index (χ0) is 21.6. The molecule has 0 saturated heterocycles. The van der Waals surface area contributed by atoms with Gasteiger partial charge in [0.05, 0.1) is 20.0 Å². The van der Waals surface area contributed by atoms with E-state index in [-0.39, 0.29) is 11.7 Å². The molecule has 0 aliphatic carbocycles. The van der Waals surface area contributed by atoms with Crippen molar-refractivity contribution in [3.63, 3.8) is 0 Å². The van der Waals surface area contributed by atoms with Crippen LogP contribution in [0.2, 0.25) is 0 Å². The summed E-state index contributed by atoms with van der Waals surface area (Å²) >= 11 is 1.48. The Morgan fingerprint density at radius 2 is 1.71 bits per heavy atom. The summed E-state index contributed by atoms with van der Waals surface area (Å²) < 4.78 is 12.8. The first-order valence-corrected chi connectivity index (χ1v) is 10.9. The van der Waals surface area contributed by atoms with Crippen molar-refractivity contribution >= 4 is 34.4 Å². The lowest BCUT2D eigenvalue weighted by Crippen LogP contribution is -2.35. The largest absolute Gasteiger partial charge is 0.493 e. The highest BCUT2D eigenvalue weighted by Crippen LogP contribution is 2.30. The van der Waals surface area contributed by atoms with E-state index in [0.29, 0.717) is 17.2 Å². The van der Waals surface area contributed by atoms with Crippen LogP contribution < -0.4 is 19.4 Å². The highest BCUT2D eigenvalue weighted by Gasteiger charge is 2.20. The molecule has 1 amide bonds. The zero-order valence-corrected chi connectivity index (χ0v) is 18.2. The van der Waals surface area contributed by atoms with E-state index < -0.39 is 0 Å². The number of nitrogens with zero attached hydrogens (tertiary/aromatic N) is 1. The molecule has 6 nitrogen and oxygen atoms in total. The molecule has 31 heavy (non-hydrogen) atoms. The van der Waals surface area contributed by atoms with Crippen LogP contribution in [-0.2, 0) is 11.3 Å². The molecular formula is C24H24N3O3S+. The molecule has 0 atom stereocenters. The molecule has 3 aromatic carbocycles. The smallest absolute Gasteiger partial charge is 0.317 e. The molecular weight excluding hydrogens is 410 g/mol. The van der Waals surface area contributed by atoms with Gasteiger partial charge in [0.25, 0.3) is 0 Å². The molecule has 2 N–H and O–H groups in total. The summed E-state index contributed by atoms with van der Waals surface area (Å²) in [6.45, 7) is 0.727. The quantitative estimate of drug-likeness (QED) is 0.321. The lowest BCUT2D eigenvalue weighted by Gasteiger charge is -2.10. The minimum atomic E-state index is -0.0952. The predicted molar refractivity (Wildman–Crippen MR) is 123 cm³/mol. The fourth-order valence-electron chi connectivity index (χ4n) is 3.39. The number of fused-ring (bicyclic) bond motifs is 1. The zero-order valence-electron chi connectivity index (χ0n) is 17.4. The minimum absolute atomic E-state index is 0.0952. The Bertz CT molecular complexity index is 1190. The van der Waals surface area contributed by atoms with Crippen molar-refractivity contribution in [2.24, 2.45) is 0 Å². The number of benzene rings is 3. The molecule has 1 aromatic heterocycles. The lowest BCUT2D eigenvalue weighted by molar-refractivity contribution is -0.700. The van der Waals surface area contributed by atoms with Crippen molar-refractivity contribution < 1.29 is 18.8 Å². The summed E-state index contributed by atoms with van der Waals surface area (Å²) in [5.74, 6) is 1.37. The number of amides is 1. The van der Waals surface area contributed by atoms with Gasteiger partial charge in [0.2, 0.25) is 5.91 Å². The van der Waals surface area contributed by atoms with Crippen molar-refractivity contribution in [1.29, 1.82) is 0 Å². The Kier molecular flexibility index (Phi) is 6.43. The Hall–Kier alpha value is -3.45. The molecule has 7 heteroatoms. The van der Waals surface area contributed by atoms with Crippen molar-refractivity contribution in [1.82, 2.24) is 4.98 Å². The second kappa shape index (κ2) is 9.57. The van der Waals surface area contributed by atoms with Crippen LogP contribution in [0.4, 0.5) is 5.69 Å². The van der Waals surface area contributed by atoms with Gasteiger partial charge in [-0.25, -0.2) is 9.55 Å². The van der Waals surface area contributed by atoms with Crippen molar-refractivity contribution in [2.75, 3.05) is 25.3 Å². The van der Waals surface area contributed by atoms with Crippen LogP contribution >= 0.6 is 11.8 Å². The maximum Gasteiger partial charge on any atom is 0.317 e. The van der Waals surface area contributed by atoms with E-state index in [1.807, 2.05) is 36.4 Å². The van der Waals surface area contributed by atoms with E-state index in [0.717, 1.165) is 22.7 Å². The SMILES string of the molecule is COc1ccc(NC(=O)CSc2[nH]c3ccccc3[n+]2Cc2ccccc2)cc1OC. The number of hydrogen-bond donors (Lipinski definition) is 2. The first-order chi connectivity index (χ1) is 15.2. The number of ether oxygens (including phenoxy) is 2. The number of aromatic amines is 1. The van der Waals surface area contributed by atoms with Crippen LogP contribution in [0.3, 0.4) is 0 Å². The van der Waals surface area contributed by atoms with Gasteiger partial charge in [-0.2, -0.15) is 0 Å². The van der Waals surface area contributed by atoms with Gasteiger partial charge >= 0.3 is 5.16 Å². The maximum atomic E-state index is 12.6. The molecule has 0 radical (unpaired) electrons. The van der Waals surface area contributed by atoms with Crippen LogP contribution in [0.5, 0.6) is 11.5 Å². The molecule has 4 rings (SSSR count). The predicted octanol–water partition coefficient (Wildman–Crippen LogP) is 4.25. The monoisotopic (exact) mass is 434 g/mol. The highest BCUT2D eigenvalue weighted by molar-refractivity contribution is 7.99. The van der Waals surface area contributed by atoms with Gasteiger partial charge in [0, 0.05) is 11.8 Å². The number of methoxy groups -OCH3 is 2. The third-order valence-electron chi connectivity index (χ3n) is 4.87. The highest BCUT2D eigenvalue weighted by atomic mass is 32.2. The molecule has 0 spiro atoms. The number of nitrogens with one attached hydrogen (secondary N) is 2. The third-order valence-corrected chi connectivity index (χ3v) is 5.87. The van der Waals surface area contributed by atoms with Crippen LogP contribution in [0, 0.1) is 0 Å². The molecule has 0 aliphatic rings. The number of H-pyrrole nitrogens is 1. The Balaban J connectivity index is 1.50. The summed E-state index contributed by atoms with van der Waals surface area (Å²) in [6.07, 6.45) is 0. The van der Waals surface area contributed by atoms with Gasteiger partial charge in [0.15, 0.2) is 22.5 Å². The van der Waals surface area contributed by atoms with Crippen molar-refractivity contribution in [3.05, 3.63) is 78.4 Å². The Morgan fingerprint density at radius 1 is 0.968 bits per heavy atom. The van der Waals surface area contributed by atoms with E-state index in [2.05, 4.69) is 33.1 Å². The lowest BCUT2D eigenvalue weighted by atomic mass is 10.2. The minimum Gasteiger partial charge on any atom is -0.493 e. The molecule has 0 aliphatic heterocycles. The fraction of sp³-hybridized carbons (Fsp3) is 0.167. The van der Waals surface area contributed by atoms with E-state index in [9.17, 15) is 4.79 Å². The standard InChI is InChI=1S/C24H23N3O3S/c1-29-21-13-12-18(14-22(21)30-2)25-23(28)16-31-24-26-19-10-6-7-11-20(19)27(24)15-17-8-4-3-5-9-17/h3-14H,15-16H2,1-2H3,(H,25,28)/p+1. The average Bonchev–Trinajstić information content (AvgIpc) is 3.15. The number of para-hydroxylation sites is 2. The second-order valence-electron chi connectivity index (χ2n) is 6.93. The van der Waals surface area contributed by atoms with E-state index in [1.54, 1.807) is 32.4 Å². The molecule has 0 unspecified atom stereocenters. The number of hydrogen-bond acceptors (Lipinski definition) is 4. The summed E-state index contributed by atoms with van der Waals surface area (Å²) in [6, 6.07) is 23.8. The van der Waals surface area contributed by atoms with Crippen molar-refractivity contribution in [2.45, 2.75) is 11.7 Å². The van der Waals surface area contributed by atoms with E-state index in [4.69, 9.17) is 9.47 Å². The van der Waals surface area contributed by atoms with Crippen molar-refractivity contribution in [3.8, 4) is 11.5 Å². The average molecular weight is 435 g/mol. The maximum absolute atomic E-state index is 12.6. The Morgan fingerprint density at radius 3 is 2.48 bits per heavy atom. The van der Waals surface area contributed by atoms with E-state index >= 15 is 0 Å². The third kappa shape index (κ3) is 4.83. The van der Waals surface area contributed by atoms with Crippen LogP contribution in [0.1, 0.15) is 5.56 Å². The number of aromatic nitrogens is 2. The second-order valence-corrected chi connectivity index (χ2v) is 7.89. The number of thioether (sulfide) groups is 1. The number of rotatable bonds is 8. The summed E-state index contributed by atoms with van der Waals surface area (Å²) in [5, 5.41) is 3.86. The van der Waals surface area contributed by atoms with Gasteiger partial charge in [-0.3, -0.25) is 4.79 Å². The molecule has 0 saturated carbocycles. The van der Waals surface area contributed by atoms with Gasteiger partial charge < -0.3 is 14.8 Å². The van der Waals surface area contributed by atoms with Gasteiger partial charge in [-0.1, -0.05) is 42.5 Å². The molecule has 1 heterocycles. The first-order valence-electron chi connectivity index (χ1n) is 9.87. The molecule has 0 bridgehead atoms. The fourth-order valence-corrected chi connectivity index (χ4v) is 4.23. The topological polar surface area (TPSA) is 67.2 Å². The van der Waals surface area contributed by atoms with E-state index in [1.165, 1.54) is 17.3 Å².